The van der Waals surface area contributed by atoms with Gasteiger partial charge in [-0.15, -0.1) is 30.6 Å². The maximum absolute atomic E-state index is 6.14. The largest absolute Gasteiger partial charge is 0.498 e. The smallest absolute Gasteiger partial charge is 0.399 e. The van der Waals surface area contributed by atoms with Gasteiger partial charge in [0.25, 0.3) is 0 Å². The number of nitrogens with zero attached hydrogens (tertiary/aromatic N) is 23. The third-order valence-electron chi connectivity index (χ3n) is 18.6. The second-order valence-electron chi connectivity index (χ2n) is 30.2. The molecule has 4 aliphatic rings. The molecule has 580 valence electrons. The molecule has 31 nitrogen and oxygen atoms in total. The van der Waals surface area contributed by atoms with Crippen molar-refractivity contribution in [3.05, 3.63) is 115 Å². The molecule has 0 aliphatic carbocycles. The van der Waals surface area contributed by atoms with Crippen LogP contribution in [0.3, 0.4) is 0 Å². The van der Waals surface area contributed by atoms with Gasteiger partial charge in [0.15, 0.2) is 0 Å². The molecular formula is C72H94BBrN24O7S3Si2. The first kappa shape index (κ1) is 79.6. The van der Waals surface area contributed by atoms with Gasteiger partial charge in [-0.3, -0.25) is 38.8 Å². The van der Waals surface area contributed by atoms with Gasteiger partial charge in [-0.1, -0.05) is 73.3 Å². The Morgan fingerprint density at radius 2 is 0.900 bits per heavy atom. The number of rotatable bonds is 22. The number of nitrogens with one attached hydrogen (secondary N) is 1. The number of hydrogen-bond donors (Lipinski definition) is 1. The maximum Gasteiger partial charge on any atom is 0.498 e. The van der Waals surface area contributed by atoms with E-state index in [-0.39, 0.29) is 18.3 Å². The van der Waals surface area contributed by atoms with Crippen molar-refractivity contribution in [2.75, 3.05) is 135 Å². The van der Waals surface area contributed by atoms with Gasteiger partial charge in [0, 0.05) is 165 Å². The third-order valence-corrected chi connectivity index (χ3v) is 25.4. The molecule has 1 N–H and O–H groups in total. The topological polar surface area (TPSA) is 301 Å². The van der Waals surface area contributed by atoms with Crippen LogP contribution in [-0.4, -0.2) is 230 Å². The van der Waals surface area contributed by atoms with Crippen LogP contribution >= 0.6 is 49.9 Å². The number of fused-ring (bicyclic) bond motifs is 3. The highest BCUT2D eigenvalue weighted by molar-refractivity contribution is 9.10. The summed E-state index contributed by atoms with van der Waals surface area (Å²) in [5.41, 5.74) is 9.32. The average Bonchev–Trinajstić information content (AvgIpc) is 1.60. The lowest BCUT2D eigenvalue weighted by molar-refractivity contribution is 0.00578. The fourth-order valence-electron chi connectivity index (χ4n) is 11.5. The lowest BCUT2D eigenvalue weighted by Crippen LogP contribution is -2.41. The predicted octanol–water partition coefficient (Wildman–Crippen LogP) is 11.9. The molecule has 12 aromatic rings. The van der Waals surface area contributed by atoms with Crippen molar-refractivity contribution in [3.8, 4) is 22.3 Å². The Morgan fingerprint density at radius 3 is 1.35 bits per heavy atom. The van der Waals surface area contributed by atoms with Crippen molar-refractivity contribution in [2.24, 2.45) is 21.1 Å². The van der Waals surface area contributed by atoms with E-state index in [1.54, 1.807) is 49.1 Å². The summed E-state index contributed by atoms with van der Waals surface area (Å²) in [5, 5.41) is 47.2. The van der Waals surface area contributed by atoms with Gasteiger partial charge in [-0.2, -0.15) is 15.3 Å². The number of halogens is 1. The molecule has 16 heterocycles. The summed E-state index contributed by atoms with van der Waals surface area (Å²) in [6, 6.07) is 20.0. The minimum atomic E-state index is -1.20. The number of aryl methyl sites for hydroxylation is 3. The van der Waals surface area contributed by atoms with Gasteiger partial charge < -0.3 is 53.0 Å². The lowest BCUT2D eigenvalue weighted by Gasteiger charge is -2.32. The van der Waals surface area contributed by atoms with E-state index in [1.807, 2.05) is 157 Å². The highest BCUT2D eigenvalue weighted by Gasteiger charge is 2.52. The Labute approximate surface area is 662 Å². The number of ether oxygens (including phenoxy) is 5. The molecule has 16 rings (SSSR count). The molecule has 0 amide bonds. The zero-order valence-electron chi connectivity index (χ0n) is 64.4. The first-order chi connectivity index (χ1) is 52.8. The van der Waals surface area contributed by atoms with Crippen molar-refractivity contribution in [1.82, 2.24) is 89.8 Å². The highest BCUT2D eigenvalue weighted by atomic mass is 79.9. The third kappa shape index (κ3) is 21.0. The number of anilines is 9. The zero-order valence-corrected chi connectivity index (χ0v) is 70.5. The molecule has 0 unspecified atom stereocenters. The van der Waals surface area contributed by atoms with Crippen LogP contribution < -0.4 is 35.3 Å². The molecule has 12 aromatic heterocycles. The van der Waals surface area contributed by atoms with Gasteiger partial charge in [0.2, 0.25) is 30.8 Å². The number of morpholine rings is 3. The summed E-state index contributed by atoms with van der Waals surface area (Å²) in [7, 11) is 3.02. The second-order valence-corrected chi connectivity index (χ2v) is 45.2. The van der Waals surface area contributed by atoms with Gasteiger partial charge in [0.05, 0.1) is 96.3 Å². The van der Waals surface area contributed by atoms with Crippen molar-refractivity contribution in [2.45, 2.75) is 90.3 Å². The molecule has 0 atom stereocenters. The molecule has 38 heteroatoms. The first-order valence-electron chi connectivity index (χ1n) is 36.6. The number of hydrogen-bond acceptors (Lipinski definition) is 31. The molecule has 110 heavy (non-hydrogen) atoms. The Morgan fingerprint density at radius 1 is 0.482 bits per heavy atom. The standard InChI is InChI=1S/C24H32N8O2SSi.C20H27BrN6O2SSi.C18H18N8OS.C10H17BN2O2/c1-30-16-19(15-26-30)18-13-21-20(25-14-18)5-6-22(27-21)32(17-34-11-12-36(2,3)4)24-29-28-23(35-24)31-7-9-33-10-8-31;1-31(2,3)11-10-29-14-27(18-5-4-16-17(23-18)12-15(21)13-22-16)20-25-24-19(30-20)26-6-8-28-9-7-26;1-25-11-13(10-20-25)12-8-15-14(19-9-12)2-3-16(21-15)22-17-23-24-18(28-17)26-4-6-27-7-5-26;1-9(2)10(3,4)15-11(14-9)8-6-12-13(5)7-8/h5-6,13-16H,7-12,17H2,1-4H3;4-5,12-13H,6-11,14H2,1-3H3;2-3,8-11H,4-7H2,1H3,(H,21,22,23);6-7H,1-5H3. The molecule has 4 saturated heterocycles. The molecule has 4 fully saturated rings. The van der Waals surface area contributed by atoms with E-state index in [9.17, 15) is 0 Å². The fraction of sp³-hybridized carbons (Fsp3) is 0.458. The maximum atomic E-state index is 6.14. The van der Waals surface area contributed by atoms with Gasteiger partial charge >= 0.3 is 7.12 Å². The highest BCUT2D eigenvalue weighted by Crippen LogP contribution is 2.38. The zero-order chi connectivity index (χ0) is 77.2. The van der Waals surface area contributed by atoms with Crippen LogP contribution in [0.25, 0.3) is 55.4 Å². The van der Waals surface area contributed by atoms with Crippen LogP contribution in [0.2, 0.25) is 51.4 Å². The lowest BCUT2D eigenvalue weighted by atomic mass is 9.82. The normalized spacial score (nSPS) is 15.8. The van der Waals surface area contributed by atoms with Crippen molar-refractivity contribution in [3.63, 3.8) is 0 Å². The van der Waals surface area contributed by atoms with Crippen LogP contribution in [0, 0.1) is 0 Å². The van der Waals surface area contributed by atoms with Crippen molar-refractivity contribution < 1.29 is 33.0 Å². The Kier molecular flexibility index (Phi) is 25.6. The second kappa shape index (κ2) is 35.5. The van der Waals surface area contributed by atoms with Crippen molar-refractivity contribution >= 4 is 160 Å². The van der Waals surface area contributed by atoms with Crippen LogP contribution in [0.5, 0.6) is 0 Å². The summed E-state index contributed by atoms with van der Waals surface area (Å²) in [6.07, 6.45) is 16.8. The first-order valence-corrected chi connectivity index (χ1v) is 47.2. The van der Waals surface area contributed by atoms with Crippen LogP contribution in [0.4, 0.5) is 48.2 Å². The Balaban J connectivity index is 0.000000133. The molecule has 0 aromatic carbocycles. The minimum absolute atomic E-state index is 0.284. The van der Waals surface area contributed by atoms with Crippen LogP contribution in [0.1, 0.15) is 27.7 Å². The van der Waals surface area contributed by atoms with E-state index in [0.29, 0.717) is 57.4 Å². The van der Waals surface area contributed by atoms with E-state index in [1.165, 1.54) is 11.3 Å². The number of pyridine rings is 6. The SMILES string of the molecule is C[Si](C)(C)CCOCN(c1ccc2ncc(Br)cc2n1)c1nnc(N2CCOCC2)s1.Cn1cc(-c2cnc3ccc(N(COCC[Si](C)(C)C)c4nnc(N5CCOCC5)s4)nc3c2)cn1.Cn1cc(-c2cnc3ccc(Nc4nnc(N5CCOCC5)s4)nc3c2)cn1.Cn1cc(B2OC(C)(C)C(C)(C)O2)cn1. The summed E-state index contributed by atoms with van der Waals surface area (Å²) in [5.74, 6) is 2.23. The van der Waals surface area contributed by atoms with E-state index in [0.717, 1.165) is 174 Å². The minimum Gasteiger partial charge on any atom is -0.399 e. The summed E-state index contributed by atoms with van der Waals surface area (Å²) < 4.78 is 46.5. The molecule has 0 bridgehead atoms. The number of aromatic nitrogens is 18. The summed E-state index contributed by atoms with van der Waals surface area (Å²) >= 11 is 8.10. The summed E-state index contributed by atoms with van der Waals surface area (Å²) in [4.78, 5) is 38.6. The summed E-state index contributed by atoms with van der Waals surface area (Å²) in [6.45, 7) is 33.7. The molecule has 0 spiro atoms. The Bertz CT molecular complexity index is 5000. The van der Waals surface area contributed by atoms with Gasteiger partial charge in [-0.25, -0.2) is 15.0 Å². The van der Waals surface area contributed by atoms with E-state index in [4.69, 9.17) is 43.0 Å². The van der Waals surface area contributed by atoms with Crippen LogP contribution in [-0.2, 0) is 54.1 Å². The fourth-order valence-corrected chi connectivity index (χ4v) is 15.9. The molecule has 4 aliphatic heterocycles. The van der Waals surface area contributed by atoms with Crippen molar-refractivity contribution in [1.29, 1.82) is 0 Å². The molecule has 0 saturated carbocycles. The van der Waals surface area contributed by atoms with Gasteiger partial charge in [-0.05, 0) is 110 Å². The van der Waals surface area contributed by atoms with E-state index in [2.05, 4.69) is 141 Å². The van der Waals surface area contributed by atoms with Crippen LogP contribution in [0.15, 0.2) is 115 Å². The quantitative estimate of drug-likeness (QED) is 0.0374. The monoisotopic (exact) mass is 1650 g/mol. The predicted molar refractivity (Wildman–Crippen MR) is 444 cm³/mol. The average molecular weight is 1650 g/mol. The molecular weight excluding hydrogens is 1560 g/mol. The van der Waals surface area contributed by atoms with Gasteiger partial charge in [0.1, 0.15) is 30.9 Å². The van der Waals surface area contributed by atoms with E-state index < -0.39 is 16.1 Å². The Hall–Kier alpha value is -8.51. The molecule has 0 radical (unpaired) electrons. The van der Waals surface area contributed by atoms with E-state index >= 15 is 0 Å².